The third kappa shape index (κ3) is 4.50. The van der Waals surface area contributed by atoms with Gasteiger partial charge in [-0.05, 0) is 62.1 Å². The van der Waals surface area contributed by atoms with Gasteiger partial charge in [-0.1, -0.05) is 12.1 Å². The molecule has 0 amide bonds. The standard InChI is InChI=1S/C26H27N5O/c1-18-12-21(7-10-27-18)26-23-14-20(5-6-22(23)15-30-26)24(32)13-19-4-2-11-31(16-19)17-25-28-8-3-9-29-25/h3,5-10,12,14,19H,2,4,11,13,15-17H2,1H3. The van der Waals surface area contributed by atoms with Gasteiger partial charge in [-0.25, -0.2) is 9.97 Å². The number of rotatable bonds is 6. The molecule has 5 rings (SSSR count). The van der Waals surface area contributed by atoms with E-state index < -0.39 is 0 Å². The van der Waals surface area contributed by atoms with Gasteiger partial charge in [0.1, 0.15) is 5.82 Å². The number of hydrogen-bond acceptors (Lipinski definition) is 6. The molecule has 2 aliphatic rings. The lowest BCUT2D eigenvalue weighted by atomic mass is 9.89. The van der Waals surface area contributed by atoms with Crippen LogP contribution < -0.4 is 0 Å². The molecule has 3 aromatic rings. The Balaban J connectivity index is 1.27. The minimum atomic E-state index is 0.216. The minimum Gasteiger partial charge on any atom is -0.296 e. The van der Waals surface area contributed by atoms with Gasteiger partial charge in [0.25, 0.3) is 0 Å². The van der Waals surface area contributed by atoms with Crippen molar-refractivity contribution in [2.75, 3.05) is 13.1 Å². The molecule has 6 heteroatoms. The van der Waals surface area contributed by atoms with Crippen molar-refractivity contribution in [3.63, 3.8) is 0 Å². The Morgan fingerprint density at radius 1 is 1.09 bits per heavy atom. The predicted octanol–water partition coefficient (Wildman–Crippen LogP) is 4.02. The largest absolute Gasteiger partial charge is 0.296 e. The van der Waals surface area contributed by atoms with Crippen molar-refractivity contribution < 1.29 is 4.79 Å². The monoisotopic (exact) mass is 425 g/mol. The third-order valence-electron chi connectivity index (χ3n) is 6.33. The Hall–Kier alpha value is -3.25. The zero-order valence-electron chi connectivity index (χ0n) is 18.4. The number of nitrogens with zero attached hydrogens (tertiary/aromatic N) is 5. The number of likely N-dealkylation sites (tertiary alicyclic amines) is 1. The summed E-state index contributed by atoms with van der Waals surface area (Å²) in [6, 6.07) is 11.9. The van der Waals surface area contributed by atoms with Crippen molar-refractivity contribution in [2.45, 2.75) is 39.3 Å². The summed E-state index contributed by atoms with van der Waals surface area (Å²) in [5, 5.41) is 0. The number of benzene rings is 1. The molecule has 1 aromatic carbocycles. The first kappa shape index (κ1) is 20.6. The van der Waals surface area contributed by atoms with E-state index in [4.69, 9.17) is 4.99 Å². The summed E-state index contributed by atoms with van der Waals surface area (Å²) in [5.41, 5.74) is 6.03. The van der Waals surface area contributed by atoms with Crippen LogP contribution in [0.25, 0.3) is 0 Å². The van der Waals surface area contributed by atoms with Crippen molar-refractivity contribution in [3.05, 3.63) is 88.8 Å². The summed E-state index contributed by atoms with van der Waals surface area (Å²) in [6.45, 7) is 5.34. The normalized spacial score (nSPS) is 18.3. The Morgan fingerprint density at radius 3 is 2.81 bits per heavy atom. The van der Waals surface area contributed by atoms with Gasteiger partial charge in [-0.2, -0.15) is 0 Å². The van der Waals surface area contributed by atoms with E-state index in [1.165, 1.54) is 5.56 Å². The number of pyridine rings is 1. The minimum absolute atomic E-state index is 0.216. The number of ketones is 1. The molecule has 1 saturated heterocycles. The number of carbonyl (C=O) groups excluding carboxylic acids is 1. The number of aryl methyl sites for hydroxylation is 1. The summed E-state index contributed by atoms with van der Waals surface area (Å²) in [7, 11) is 0. The first-order valence-electron chi connectivity index (χ1n) is 11.3. The molecule has 0 spiro atoms. The summed E-state index contributed by atoms with van der Waals surface area (Å²) < 4.78 is 0. The number of Topliss-reactive ketones (excluding diaryl/α,β-unsaturated/α-hetero) is 1. The molecule has 2 aliphatic heterocycles. The zero-order chi connectivity index (χ0) is 21.9. The van der Waals surface area contributed by atoms with Gasteiger partial charge in [0.2, 0.25) is 0 Å². The third-order valence-corrected chi connectivity index (χ3v) is 6.33. The van der Waals surface area contributed by atoms with Gasteiger partial charge >= 0.3 is 0 Å². The van der Waals surface area contributed by atoms with Crippen molar-refractivity contribution >= 4 is 11.5 Å². The highest BCUT2D eigenvalue weighted by atomic mass is 16.1. The average Bonchev–Trinajstić information content (AvgIpc) is 3.23. The van der Waals surface area contributed by atoms with Gasteiger partial charge < -0.3 is 0 Å². The number of aliphatic imine (C=N–C) groups is 1. The second-order valence-electron chi connectivity index (χ2n) is 8.76. The molecule has 162 valence electrons. The summed E-state index contributed by atoms with van der Waals surface area (Å²) in [6.07, 6.45) is 8.15. The topological polar surface area (TPSA) is 71.3 Å². The summed E-state index contributed by atoms with van der Waals surface area (Å²) >= 11 is 0. The Bertz CT molecular complexity index is 1160. The second-order valence-corrected chi connectivity index (χ2v) is 8.76. The number of piperidine rings is 1. The van der Waals surface area contributed by atoms with E-state index in [2.05, 4.69) is 32.0 Å². The molecule has 0 N–H and O–H groups in total. The lowest BCUT2D eigenvalue weighted by Crippen LogP contribution is -2.36. The van der Waals surface area contributed by atoms with E-state index in [9.17, 15) is 4.79 Å². The maximum atomic E-state index is 13.2. The highest BCUT2D eigenvalue weighted by Crippen LogP contribution is 2.27. The van der Waals surface area contributed by atoms with Crippen LogP contribution in [0, 0.1) is 12.8 Å². The zero-order valence-corrected chi connectivity index (χ0v) is 18.4. The van der Waals surface area contributed by atoms with E-state index in [-0.39, 0.29) is 5.78 Å². The van der Waals surface area contributed by atoms with Crippen LogP contribution >= 0.6 is 0 Å². The molecule has 1 unspecified atom stereocenters. The Kier molecular flexibility index (Phi) is 5.86. The molecular weight excluding hydrogens is 398 g/mol. The van der Waals surface area contributed by atoms with Gasteiger partial charge in [-0.3, -0.25) is 19.7 Å². The molecule has 32 heavy (non-hydrogen) atoms. The number of aromatic nitrogens is 3. The second kappa shape index (κ2) is 9.09. The van der Waals surface area contributed by atoms with E-state index >= 15 is 0 Å². The van der Waals surface area contributed by atoms with Gasteiger partial charge in [0.05, 0.1) is 18.8 Å². The van der Waals surface area contributed by atoms with Crippen LogP contribution in [0.15, 0.2) is 60.0 Å². The van der Waals surface area contributed by atoms with Crippen molar-refractivity contribution in [3.8, 4) is 0 Å². The molecule has 0 saturated carbocycles. The maximum absolute atomic E-state index is 13.2. The molecule has 4 heterocycles. The van der Waals surface area contributed by atoms with Gasteiger partial charge in [0, 0.05) is 53.9 Å². The first-order valence-corrected chi connectivity index (χ1v) is 11.3. The van der Waals surface area contributed by atoms with Gasteiger partial charge in [-0.15, -0.1) is 0 Å². The van der Waals surface area contributed by atoms with Crippen LogP contribution in [-0.4, -0.2) is 44.4 Å². The van der Waals surface area contributed by atoms with Crippen LogP contribution in [0.3, 0.4) is 0 Å². The Labute approximate surface area is 188 Å². The quantitative estimate of drug-likeness (QED) is 0.558. The van der Waals surface area contributed by atoms with Crippen LogP contribution in [0.2, 0.25) is 0 Å². The lowest BCUT2D eigenvalue weighted by Gasteiger charge is -2.31. The summed E-state index contributed by atoms with van der Waals surface area (Å²) in [4.78, 5) is 33.3. The van der Waals surface area contributed by atoms with Crippen LogP contribution in [0.1, 0.15) is 57.8 Å². The first-order chi connectivity index (χ1) is 15.7. The van der Waals surface area contributed by atoms with E-state index in [0.29, 0.717) is 18.9 Å². The fourth-order valence-corrected chi connectivity index (χ4v) is 4.75. The van der Waals surface area contributed by atoms with E-state index in [0.717, 1.165) is 66.4 Å². The summed E-state index contributed by atoms with van der Waals surface area (Å²) in [5.74, 6) is 1.42. The number of fused-ring (bicyclic) bond motifs is 1. The number of hydrogen-bond donors (Lipinski definition) is 0. The Morgan fingerprint density at radius 2 is 1.97 bits per heavy atom. The van der Waals surface area contributed by atoms with E-state index in [1.807, 2.05) is 37.4 Å². The maximum Gasteiger partial charge on any atom is 0.163 e. The van der Waals surface area contributed by atoms with Crippen molar-refractivity contribution in [2.24, 2.45) is 10.9 Å². The molecule has 0 aliphatic carbocycles. The molecule has 1 fully saturated rings. The van der Waals surface area contributed by atoms with Crippen molar-refractivity contribution in [1.82, 2.24) is 19.9 Å². The highest BCUT2D eigenvalue weighted by molar-refractivity contribution is 6.16. The molecule has 0 bridgehead atoms. The SMILES string of the molecule is Cc1cc(C2=NCc3ccc(C(=O)CC4CCCN(Cc5ncccn5)C4)cc32)ccn1. The predicted molar refractivity (Wildman–Crippen MR) is 124 cm³/mol. The molecule has 1 atom stereocenters. The molecule has 6 nitrogen and oxygen atoms in total. The highest BCUT2D eigenvalue weighted by Gasteiger charge is 2.25. The average molecular weight is 426 g/mol. The lowest BCUT2D eigenvalue weighted by molar-refractivity contribution is 0.0911. The van der Waals surface area contributed by atoms with Crippen LogP contribution in [-0.2, 0) is 13.1 Å². The molecule has 2 aromatic heterocycles. The van der Waals surface area contributed by atoms with Crippen LogP contribution in [0.4, 0.5) is 0 Å². The fraction of sp³-hybridized carbons (Fsp3) is 0.346. The smallest absolute Gasteiger partial charge is 0.163 e. The molecule has 0 radical (unpaired) electrons. The molecular formula is C26H27N5O. The van der Waals surface area contributed by atoms with Crippen molar-refractivity contribution in [1.29, 1.82) is 0 Å². The van der Waals surface area contributed by atoms with E-state index in [1.54, 1.807) is 12.4 Å². The fourth-order valence-electron chi connectivity index (χ4n) is 4.75. The van der Waals surface area contributed by atoms with Gasteiger partial charge in [0.15, 0.2) is 5.78 Å². The van der Waals surface area contributed by atoms with Crippen LogP contribution in [0.5, 0.6) is 0 Å². The number of carbonyl (C=O) groups is 1.